The lowest BCUT2D eigenvalue weighted by atomic mass is 10.0. The van der Waals surface area contributed by atoms with Gasteiger partial charge in [-0.15, -0.1) is 0 Å². The first-order valence-corrected chi connectivity index (χ1v) is 9.57. The summed E-state index contributed by atoms with van der Waals surface area (Å²) in [4.78, 5) is 24.5. The number of rotatable bonds is 5. The number of benzene rings is 3. The number of ether oxygens (including phenoxy) is 2. The molecule has 0 bridgehead atoms. The molecule has 6 nitrogen and oxygen atoms in total. The minimum atomic E-state index is -0.431. The highest BCUT2D eigenvalue weighted by Crippen LogP contribution is 2.28. The number of nitrogens with zero attached hydrogens (tertiary/aromatic N) is 2. The molecule has 0 spiro atoms. The minimum Gasteiger partial charge on any atom is -0.482 e. The zero-order chi connectivity index (χ0) is 21.3. The van der Waals surface area contributed by atoms with E-state index in [9.17, 15) is 9.59 Å². The summed E-state index contributed by atoms with van der Waals surface area (Å²) in [5.74, 6) is 0.155. The van der Waals surface area contributed by atoms with Gasteiger partial charge >= 0.3 is 5.97 Å². The van der Waals surface area contributed by atoms with E-state index in [2.05, 4.69) is 4.74 Å². The molecule has 0 aliphatic carbocycles. The van der Waals surface area contributed by atoms with Gasteiger partial charge in [-0.3, -0.25) is 9.48 Å². The van der Waals surface area contributed by atoms with Crippen LogP contribution in [0, 0.1) is 6.92 Å². The normalized spacial score (nSPS) is 10.9. The molecule has 6 heteroatoms. The van der Waals surface area contributed by atoms with Gasteiger partial charge in [0.25, 0.3) is 5.56 Å². The van der Waals surface area contributed by atoms with E-state index >= 15 is 0 Å². The summed E-state index contributed by atoms with van der Waals surface area (Å²) >= 11 is 0. The molecule has 0 N–H and O–H groups in total. The number of carbonyl (C=O) groups excluding carboxylic acids is 1. The summed E-state index contributed by atoms with van der Waals surface area (Å²) in [7, 11) is 3.21. The van der Waals surface area contributed by atoms with Crippen LogP contribution < -0.4 is 10.3 Å². The number of para-hydroxylation sites is 1. The van der Waals surface area contributed by atoms with E-state index < -0.39 is 5.97 Å². The summed E-state index contributed by atoms with van der Waals surface area (Å²) in [5, 5.41) is 1.94. The maximum atomic E-state index is 13.3. The van der Waals surface area contributed by atoms with E-state index in [0.717, 1.165) is 27.7 Å². The van der Waals surface area contributed by atoms with Gasteiger partial charge in [0.15, 0.2) is 6.61 Å². The van der Waals surface area contributed by atoms with E-state index in [4.69, 9.17) is 4.74 Å². The van der Waals surface area contributed by atoms with Gasteiger partial charge in [-0.1, -0.05) is 36.4 Å². The summed E-state index contributed by atoms with van der Waals surface area (Å²) in [5.41, 5.74) is 3.19. The Hall–Kier alpha value is -3.80. The molecule has 0 fully saturated rings. The van der Waals surface area contributed by atoms with E-state index in [-0.39, 0.29) is 12.2 Å². The van der Waals surface area contributed by atoms with Gasteiger partial charge in [0.1, 0.15) is 5.75 Å². The van der Waals surface area contributed by atoms with E-state index in [1.165, 1.54) is 7.11 Å². The molecule has 4 aromatic rings. The summed E-state index contributed by atoms with van der Waals surface area (Å²) in [6.07, 6.45) is 0. The van der Waals surface area contributed by atoms with Crippen molar-refractivity contribution in [1.29, 1.82) is 0 Å². The van der Waals surface area contributed by atoms with Gasteiger partial charge < -0.3 is 9.47 Å². The topological polar surface area (TPSA) is 62.5 Å². The highest BCUT2D eigenvalue weighted by molar-refractivity contribution is 5.88. The average Bonchev–Trinajstić information content (AvgIpc) is 3.00. The van der Waals surface area contributed by atoms with Crippen molar-refractivity contribution in [2.24, 2.45) is 7.05 Å². The molecule has 1 aromatic heterocycles. The lowest BCUT2D eigenvalue weighted by Gasteiger charge is -2.08. The van der Waals surface area contributed by atoms with Gasteiger partial charge in [-0.05, 0) is 53.6 Å². The van der Waals surface area contributed by atoms with Gasteiger partial charge in [0.2, 0.25) is 0 Å². The molecule has 0 aliphatic heterocycles. The zero-order valence-electron chi connectivity index (χ0n) is 17.1. The predicted octanol–water partition coefficient (Wildman–Crippen LogP) is 3.86. The Labute approximate surface area is 173 Å². The summed E-state index contributed by atoms with van der Waals surface area (Å²) in [6, 6.07) is 21.1. The van der Waals surface area contributed by atoms with Crippen LogP contribution >= 0.6 is 0 Å². The van der Waals surface area contributed by atoms with Crippen LogP contribution in [0.1, 0.15) is 5.69 Å². The van der Waals surface area contributed by atoms with Gasteiger partial charge in [-0.2, -0.15) is 0 Å². The van der Waals surface area contributed by atoms with Crippen LogP contribution in [0.4, 0.5) is 0 Å². The molecular weight excluding hydrogens is 380 g/mol. The molecule has 0 aliphatic rings. The highest BCUT2D eigenvalue weighted by Gasteiger charge is 2.18. The molecule has 30 heavy (non-hydrogen) atoms. The number of esters is 1. The van der Waals surface area contributed by atoms with Gasteiger partial charge in [-0.25, -0.2) is 9.48 Å². The largest absolute Gasteiger partial charge is 0.482 e. The summed E-state index contributed by atoms with van der Waals surface area (Å²) in [6.45, 7) is 1.81. The lowest BCUT2D eigenvalue weighted by Crippen LogP contribution is -2.20. The van der Waals surface area contributed by atoms with Crippen LogP contribution in [0.2, 0.25) is 0 Å². The molecule has 0 amide bonds. The molecule has 0 radical (unpaired) electrons. The van der Waals surface area contributed by atoms with Gasteiger partial charge in [0.05, 0.1) is 18.4 Å². The Kier molecular flexibility index (Phi) is 5.14. The van der Waals surface area contributed by atoms with E-state index in [0.29, 0.717) is 11.3 Å². The summed E-state index contributed by atoms with van der Waals surface area (Å²) < 4.78 is 13.6. The SMILES string of the molecule is COC(=O)COc1ccc2cc(-c3c(C)n(C)n(-c4ccccc4)c3=O)ccc2c1. The number of hydrogen-bond donors (Lipinski definition) is 0. The van der Waals surface area contributed by atoms with Crippen LogP contribution in [0.5, 0.6) is 5.75 Å². The maximum Gasteiger partial charge on any atom is 0.343 e. The molecule has 3 aromatic carbocycles. The quantitative estimate of drug-likeness (QED) is 0.476. The van der Waals surface area contributed by atoms with Crippen molar-refractivity contribution in [2.75, 3.05) is 13.7 Å². The van der Waals surface area contributed by atoms with Crippen LogP contribution in [0.3, 0.4) is 0 Å². The van der Waals surface area contributed by atoms with Crippen LogP contribution in [-0.2, 0) is 16.6 Å². The number of carbonyl (C=O) groups is 1. The minimum absolute atomic E-state index is 0.0569. The number of hydrogen-bond acceptors (Lipinski definition) is 4. The number of fused-ring (bicyclic) bond motifs is 1. The number of methoxy groups -OCH3 is 1. The standard InChI is InChI=1S/C24H22N2O4/c1-16-23(24(28)26(25(16)2)20-7-5-4-6-8-20)19-10-9-18-14-21(12-11-17(18)13-19)30-15-22(27)29-3/h4-14H,15H2,1-3H3. The second-order valence-corrected chi connectivity index (χ2v) is 7.03. The first-order valence-electron chi connectivity index (χ1n) is 9.57. The first-order chi connectivity index (χ1) is 14.5. The van der Waals surface area contributed by atoms with Crippen LogP contribution in [0.25, 0.3) is 27.6 Å². The Morgan fingerprint density at radius 1 is 0.967 bits per heavy atom. The molecule has 152 valence electrons. The fourth-order valence-electron chi connectivity index (χ4n) is 3.57. The second-order valence-electron chi connectivity index (χ2n) is 7.03. The molecule has 0 saturated heterocycles. The van der Waals surface area contributed by atoms with Crippen LogP contribution in [-0.4, -0.2) is 29.0 Å². The first kappa shape index (κ1) is 19.5. The van der Waals surface area contributed by atoms with Crippen molar-refractivity contribution in [1.82, 2.24) is 9.36 Å². The molecule has 1 heterocycles. The Morgan fingerprint density at radius 3 is 2.40 bits per heavy atom. The fourth-order valence-corrected chi connectivity index (χ4v) is 3.57. The van der Waals surface area contributed by atoms with E-state index in [1.807, 2.05) is 79.3 Å². The van der Waals surface area contributed by atoms with Crippen molar-refractivity contribution in [3.63, 3.8) is 0 Å². The van der Waals surface area contributed by atoms with E-state index in [1.54, 1.807) is 10.7 Å². The number of aromatic nitrogens is 2. The fraction of sp³-hybridized carbons (Fsp3) is 0.167. The average molecular weight is 402 g/mol. The second kappa shape index (κ2) is 7.91. The third-order valence-corrected chi connectivity index (χ3v) is 5.24. The van der Waals surface area contributed by atoms with Crippen LogP contribution in [0.15, 0.2) is 71.5 Å². The monoisotopic (exact) mass is 402 g/mol. The third kappa shape index (κ3) is 3.48. The molecule has 0 unspecified atom stereocenters. The van der Waals surface area contributed by atoms with Crippen molar-refractivity contribution in [2.45, 2.75) is 6.92 Å². The zero-order valence-corrected chi connectivity index (χ0v) is 17.1. The van der Waals surface area contributed by atoms with Crippen molar-refractivity contribution < 1.29 is 14.3 Å². The molecule has 4 rings (SSSR count). The third-order valence-electron chi connectivity index (χ3n) is 5.24. The Morgan fingerprint density at radius 2 is 1.67 bits per heavy atom. The lowest BCUT2D eigenvalue weighted by molar-refractivity contribution is -0.142. The van der Waals surface area contributed by atoms with Gasteiger partial charge in [0, 0.05) is 12.7 Å². The maximum absolute atomic E-state index is 13.3. The predicted molar refractivity (Wildman–Crippen MR) is 116 cm³/mol. The highest BCUT2D eigenvalue weighted by atomic mass is 16.6. The Bertz CT molecular complexity index is 1290. The smallest absolute Gasteiger partial charge is 0.343 e. The molecule has 0 atom stereocenters. The van der Waals surface area contributed by atoms with Crippen molar-refractivity contribution in [3.8, 4) is 22.6 Å². The van der Waals surface area contributed by atoms with Crippen molar-refractivity contribution >= 4 is 16.7 Å². The molecular formula is C24H22N2O4. The molecule has 0 saturated carbocycles. The van der Waals surface area contributed by atoms with Crippen molar-refractivity contribution in [3.05, 3.63) is 82.8 Å². The Balaban J connectivity index is 1.74.